The molecule has 0 aliphatic rings. The number of nitrogens with one attached hydrogen (secondary N) is 2. The van der Waals surface area contributed by atoms with Gasteiger partial charge in [-0.25, -0.2) is 0 Å². The van der Waals surface area contributed by atoms with Gasteiger partial charge in [-0.3, -0.25) is 14.9 Å². The fourth-order valence-electron chi connectivity index (χ4n) is 2.55. The highest BCUT2D eigenvalue weighted by molar-refractivity contribution is 6.13. The van der Waals surface area contributed by atoms with Crippen molar-refractivity contribution < 1.29 is 4.79 Å². The first-order valence-corrected chi connectivity index (χ1v) is 6.90. The van der Waals surface area contributed by atoms with E-state index < -0.39 is 0 Å². The second-order valence-electron chi connectivity index (χ2n) is 4.97. The molecule has 0 bridgehead atoms. The minimum absolute atomic E-state index is 0.254. The van der Waals surface area contributed by atoms with Gasteiger partial charge in [0.05, 0.1) is 10.9 Å². The maximum absolute atomic E-state index is 12.5. The number of H-pyrrole nitrogens is 1. The molecular weight excluding hydrogens is 276 g/mol. The molecule has 106 valence electrons. The first-order valence-electron chi connectivity index (χ1n) is 6.90. The molecule has 2 N–H and O–H groups in total. The molecule has 2 aromatic carbocycles. The number of benzene rings is 2. The molecule has 22 heavy (non-hydrogen) atoms. The maximum Gasteiger partial charge on any atom is 0.276 e. The number of anilines is 1. The zero-order valence-corrected chi connectivity index (χ0v) is 11.6. The van der Waals surface area contributed by atoms with E-state index in [4.69, 9.17) is 0 Å². The van der Waals surface area contributed by atoms with Gasteiger partial charge in [0.25, 0.3) is 5.91 Å². The Hall–Kier alpha value is -3.21. The van der Waals surface area contributed by atoms with E-state index >= 15 is 0 Å². The number of rotatable bonds is 2. The summed E-state index contributed by atoms with van der Waals surface area (Å²) in [5.74, 6) is -0.254. The largest absolute Gasteiger partial charge is 0.320 e. The molecule has 0 fully saturated rings. The van der Waals surface area contributed by atoms with Crippen LogP contribution in [0.5, 0.6) is 0 Å². The third kappa shape index (κ3) is 2.00. The van der Waals surface area contributed by atoms with E-state index in [1.807, 2.05) is 42.5 Å². The van der Waals surface area contributed by atoms with Crippen LogP contribution in [0.1, 0.15) is 10.5 Å². The Morgan fingerprint density at radius 3 is 2.82 bits per heavy atom. The summed E-state index contributed by atoms with van der Waals surface area (Å²) in [5, 5.41) is 12.6. The van der Waals surface area contributed by atoms with Gasteiger partial charge in [0.15, 0.2) is 5.69 Å². The number of pyridine rings is 1. The Morgan fingerprint density at radius 1 is 1.00 bits per heavy atom. The third-order valence-electron chi connectivity index (χ3n) is 3.62. The summed E-state index contributed by atoms with van der Waals surface area (Å²) in [6, 6.07) is 15.5. The van der Waals surface area contributed by atoms with Crippen molar-refractivity contribution in [3.8, 4) is 0 Å². The Bertz CT molecular complexity index is 985. The first-order chi connectivity index (χ1) is 10.8. The van der Waals surface area contributed by atoms with Crippen LogP contribution < -0.4 is 5.32 Å². The lowest BCUT2D eigenvalue weighted by atomic mass is 10.1. The monoisotopic (exact) mass is 288 g/mol. The van der Waals surface area contributed by atoms with Gasteiger partial charge in [0.1, 0.15) is 0 Å². The van der Waals surface area contributed by atoms with Crippen molar-refractivity contribution in [2.24, 2.45) is 0 Å². The van der Waals surface area contributed by atoms with E-state index in [0.717, 1.165) is 22.0 Å². The van der Waals surface area contributed by atoms with Crippen molar-refractivity contribution in [1.29, 1.82) is 0 Å². The van der Waals surface area contributed by atoms with Gasteiger partial charge in [0, 0.05) is 23.5 Å². The topological polar surface area (TPSA) is 70.7 Å². The van der Waals surface area contributed by atoms with Crippen LogP contribution in [-0.2, 0) is 0 Å². The summed E-state index contributed by atoms with van der Waals surface area (Å²) in [4.78, 5) is 16.6. The molecule has 4 rings (SSSR count). The average Bonchev–Trinajstić information content (AvgIpc) is 2.99. The number of fused-ring (bicyclic) bond motifs is 2. The molecule has 0 atom stereocenters. The molecule has 1 amide bonds. The molecule has 0 aliphatic heterocycles. The molecule has 0 radical (unpaired) electrons. The molecule has 2 aromatic heterocycles. The second kappa shape index (κ2) is 4.96. The Balaban J connectivity index is 1.75. The van der Waals surface area contributed by atoms with Gasteiger partial charge in [-0.2, -0.15) is 5.10 Å². The Kier molecular flexibility index (Phi) is 2.83. The molecule has 4 aromatic rings. The van der Waals surface area contributed by atoms with Gasteiger partial charge < -0.3 is 5.32 Å². The van der Waals surface area contributed by atoms with E-state index in [1.54, 1.807) is 18.5 Å². The highest BCUT2D eigenvalue weighted by Gasteiger charge is 2.15. The number of carbonyl (C=O) groups excluding carboxylic acids is 1. The van der Waals surface area contributed by atoms with E-state index in [0.29, 0.717) is 11.1 Å². The predicted octanol–water partition coefficient (Wildman–Crippen LogP) is 3.36. The zero-order valence-electron chi connectivity index (χ0n) is 11.6. The van der Waals surface area contributed by atoms with Crippen LogP contribution in [0, 0.1) is 0 Å². The number of hydrogen-bond acceptors (Lipinski definition) is 3. The van der Waals surface area contributed by atoms with Crippen molar-refractivity contribution >= 4 is 33.3 Å². The number of amides is 1. The predicted molar refractivity (Wildman–Crippen MR) is 85.8 cm³/mol. The highest BCUT2D eigenvalue weighted by atomic mass is 16.1. The molecular formula is C17H12N4O. The van der Waals surface area contributed by atoms with Crippen LogP contribution in [0.4, 0.5) is 5.69 Å². The minimum atomic E-state index is -0.254. The summed E-state index contributed by atoms with van der Waals surface area (Å²) >= 11 is 0. The summed E-state index contributed by atoms with van der Waals surface area (Å²) in [6.07, 6.45) is 3.30. The molecule has 5 nitrogen and oxygen atoms in total. The van der Waals surface area contributed by atoms with Crippen LogP contribution in [0.2, 0.25) is 0 Å². The molecule has 0 saturated carbocycles. The van der Waals surface area contributed by atoms with Crippen molar-refractivity contribution in [3.63, 3.8) is 0 Å². The Labute approximate surface area is 126 Å². The lowest BCUT2D eigenvalue weighted by molar-refractivity contribution is 0.102. The first kappa shape index (κ1) is 12.5. The SMILES string of the molecule is O=C(Nc1cccc2ccccc12)c1n[nH]c2ccncc12. The fraction of sp³-hybridized carbons (Fsp3) is 0. The summed E-state index contributed by atoms with van der Waals surface area (Å²) < 4.78 is 0. The van der Waals surface area contributed by atoms with Crippen LogP contribution in [-0.4, -0.2) is 21.1 Å². The van der Waals surface area contributed by atoms with Gasteiger partial charge >= 0.3 is 0 Å². The van der Waals surface area contributed by atoms with E-state index in [1.165, 1.54) is 0 Å². The summed E-state index contributed by atoms with van der Waals surface area (Å²) in [5.41, 5.74) is 1.90. The van der Waals surface area contributed by atoms with Crippen LogP contribution in [0.15, 0.2) is 60.9 Å². The molecule has 2 heterocycles. The number of hydrogen-bond donors (Lipinski definition) is 2. The van der Waals surface area contributed by atoms with Gasteiger partial charge in [-0.1, -0.05) is 36.4 Å². The summed E-state index contributed by atoms with van der Waals surface area (Å²) in [6.45, 7) is 0. The van der Waals surface area contributed by atoms with Gasteiger partial charge in [-0.15, -0.1) is 0 Å². The molecule has 0 aliphatic carbocycles. The third-order valence-corrected chi connectivity index (χ3v) is 3.62. The average molecular weight is 288 g/mol. The standard InChI is InChI=1S/C17H12N4O/c22-17(16-13-10-18-9-8-15(13)20-21-16)19-14-7-3-5-11-4-1-2-6-12(11)14/h1-10H,(H,19,22)(H,20,21). The number of aromatic amines is 1. The summed E-state index contributed by atoms with van der Waals surface area (Å²) in [7, 11) is 0. The normalized spacial score (nSPS) is 10.9. The molecule has 0 saturated heterocycles. The smallest absolute Gasteiger partial charge is 0.276 e. The van der Waals surface area contributed by atoms with Gasteiger partial charge in [0.2, 0.25) is 0 Å². The van der Waals surface area contributed by atoms with E-state index in [2.05, 4.69) is 20.5 Å². The van der Waals surface area contributed by atoms with Crippen molar-refractivity contribution in [2.75, 3.05) is 5.32 Å². The molecule has 0 spiro atoms. The van der Waals surface area contributed by atoms with Crippen LogP contribution in [0.25, 0.3) is 21.7 Å². The maximum atomic E-state index is 12.5. The lowest BCUT2D eigenvalue weighted by Crippen LogP contribution is -2.13. The minimum Gasteiger partial charge on any atom is -0.320 e. The molecule has 5 heteroatoms. The van der Waals surface area contributed by atoms with Gasteiger partial charge in [-0.05, 0) is 17.5 Å². The van der Waals surface area contributed by atoms with Crippen molar-refractivity contribution in [2.45, 2.75) is 0 Å². The number of nitrogens with zero attached hydrogens (tertiary/aromatic N) is 2. The highest BCUT2D eigenvalue weighted by Crippen LogP contribution is 2.24. The number of aromatic nitrogens is 3. The fourth-order valence-corrected chi connectivity index (χ4v) is 2.55. The van der Waals surface area contributed by atoms with E-state index in [-0.39, 0.29) is 5.91 Å². The van der Waals surface area contributed by atoms with Crippen LogP contribution >= 0.6 is 0 Å². The second-order valence-corrected chi connectivity index (χ2v) is 4.97. The number of carbonyl (C=O) groups is 1. The lowest BCUT2D eigenvalue weighted by Gasteiger charge is -2.07. The van der Waals surface area contributed by atoms with Crippen molar-refractivity contribution in [3.05, 3.63) is 66.6 Å². The van der Waals surface area contributed by atoms with Crippen molar-refractivity contribution in [1.82, 2.24) is 15.2 Å². The van der Waals surface area contributed by atoms with E-state index in [9.17, 15) is 4.79 Å². The quantitative estimate of drug-likeness (QED) is 0.594. The Morgan fingerprint density at radius 2 is 1.86 bits per heavy atom. The van der Waals surface area contributed by atoms with Crippen LogP contribution in [0.3, 0.4) is 0 Å². The zero-order chi connectivity index (χ0) is 14.9. The molecule has 0 unspecified atom stereocenters.